The molecule has 0 amide bonds. The molecule has 376 valence electrons. The number of aliphatic carboxylic acids is 1. The zero-order valence-corrected chi connectivity index (χ0v) is 40.3. The first-order chi connectivity index (χ1) is 33.3. The van der Waals surface area contributed by atoms with Crippen molar-refractivity contribution in [2.24, 2.45) is 11.8 Å². The van der Waals surface area contributed by atoms with Gasteiger partial charge in [-0.2, -0.15) is 0 Å². The van der Waals surface area contributed by atoms with E-state index < -0.39 is 46.0 Å². The van der Waals surface area contributed by atoms with E-state index in [1.54, 1.807) is 14.2 Å². The molecule has 0 saturated heterocycles. The molecule has 0 saturated carbocycles. The fourth-order valence-electron chi connectivity index (χ4n) is 6.65. The highest BCUT2D eigenvalue weighted by atomic mass is 16.5. The van der Waals surface area contributed by atoms with E-state index in [1.807, 2.05) is 85.8 Å². The Hall–Kier alpha value is -6.64. The number of aliphatic hydroxyl groups excluding tert-OH is 1. The highest BCUT2D eigenvalue weighted by molar-refractivity contribution is 5.76. The lowest BCUT2D eigenvalue weighted by atomic mass is 9.80. The maximum absolute atomic E-state index is 12.3. The number of aromatic amines is 2. The number of aliphatic hydroxyl groups is 1. The van der Waals surface area contributed by atoms with Crippen molar-refractivity contribution in [1.29, 1.82) is 0 Å². The summed E-state index contributed by atoms with van der Waals surface area (Å²) in [6.45, 7) is 12.3. The Bertz CT molecular complexity index is 2430. The summed E-state index contributed by atoms with van der Waals surface area (Å²) in [7, 11) is 3.17. The third-order valence-electron chi connectivity index (χ3n) is 10.9. The number of carboxylic acids is 1. The zero-order valence-electron chi connectivity index (χ0n) is 40.3. The van der Waals surface area contributed by atoms with Gasteiger partial charge >= 0.3 is 23.3 Å². The van der Waals surface area contributed by atoms with Gasteiger partial charge in [0, 0.05) is 43.0 Å². The number of carboxylic acid groups (broad SMARTS) is 1. The molecule has 0 fully saturated rings. The molecule has 0 unspecified atom stereocenters. The van der Waals surface area contributed by atoms with Crippen molar-refractivity contribution in [3.05, 3.63) is 162 Å². The number of methoxy groups -OCH3 is 2. The van der Waals surface area contributed by atoms with Crippen LogP contribution >= 0.6 is 0 Å². The average Bonchev–Trinajstić information content (AvgIpc) is 3.36. The number of nitrogens with zero attached hydrogens (tertiary/aromatic N) is 3. The number of nitrogens with one attached hydrogen (secondary N) is 2. The summed E-state index contributed by atoms with van der Waals surface area (Å²) in [4.78, 5) is 75.6. The number of rotatable bonds is 26. The minimum absolute atomic E-state index is 0.00608. The van der Waals surface area contributed by atoms with Crippen LogP contribution in [0.5, 0.6) is 11.5 Å². The fraction of sp³-hybridized carbons (Fsp3) is 0.440. The van der Waals surface area contributed by atoms with Crippen LogP contribution in [-0.2, 0) is 47.6 Å². The van der Waals surface area contributed by atoms with Gasteiger partial charge in [-0.1, -0.05) is 82.3 Å². The van der Waals surface area contributed by atoms with E-state index in [0.717, 1.165) is 23.1 Å². The Morgan fingerprint density at radius 3 is 1.48 bits per heavy atom. The largest absolute Gasteiger partial charge is 0.497 e. The van der Waals surface area contributed by atoms with Crippen LogP contribution in [0.1, 0.15) is 63.6 Å². The van der Waals surface area contributed by atoms with Crippen LogP contribution in [-0.4, -0.2) is 113 Å². The maximum Gasteiger partial charge on any atom is 0.330 e. The van der Waals surface area contributed by atoms with E-state index >= 15 is 0 Å². The third kappa shape index (κ3) is 18.8. The van der Waals surface area contributed by atoms with Crippen LogP contribution in [0.3, 0.4) is 0 Å². The van der Waals surface area contributed by atoms with Gasteiger partial charge in [0.25, 0.3) is 11.1 Å². The first-order valence-corrected chi connectivity index (χ1v) is 22.7. The van der Waals surface area contributed by atoms with Crippen molar-refractivity contribution in [2.45, 2.75) is 66.0 Å². The molecule has 5 rings (SSSR count). The molecule has 2 heterocycles. The number of benzene rings is 3. The Kier molecular flexibility index (Phi) is 25.2. The summed E-state index contributed by atoms with van der Waals surface area (Å²) in [6, 6.07) is 27.1. The number of carbonyl (C=O) groups excluding carboxylic acids is 1. The Morgan fingerprint density at radius 2 is 1.09 bits per heavy atom. The molecule has 0 spiro atoms. The molecule has 4 N–H and O–H groups in total. The molecule has 0 aliphatic heterocycles. The van der Waals surface area contributed by atoms with Crippen molar-refractivity contribution in [3.63, 3.8) is 0 Å². The normalized spacial score (nSPS) is 11.9. The van der Waals surface area contributed by atoms with E-state index in [9.17, 15) is 28.8 Å². The smallest absolute Gasteiger partial charge is 0.330 e. The lowest BCUT2D eigenvalue weighted by Gasteiger charge is -2.37. The second-order valence-corrected chi connectivity index (χ2v) is 15.5. The molecule has 5 aromatic rings. The minimum Gasteiger partial charge on any atom is -0.497 e. The van der Waals surface area contributed by atoms with Gasteiger partial charge in [0.15, 0.2) is 0 Å². The van der Waals surface area contributed by atoms with Crippen LogP contribution in [0.25, 0.3) is 0 Å². The Morgan fingerprint density at radius 1 is 0.623 bits per heavy atom. The molecule has 19 nitrogen and oxygen atoms in total. The van der Waals surface area contributed by atoms with Gasteiger partial charge in [-0.25, -0.2) is 9.59 Å². The number of carbonyl (C=O) groups is 2. The van der Waals surface area contributed by atoms with E-state index in [1.165, 1.54) is 53.3 Å². The van der Waals surface area contributed by atoms with E-state index in [2.05, 4.69) is 35.6 Å². The molecule has 0 aliphatic rings. The first kappa shape index (κ1) is 56.7. The molecule has 69 heavy (non-hydrogen) atoms. The van der Waals surface area contributed by atoms with Gasteiger partial charge in [0.1, 0.15) is 30.6 Å². The van der Waals surface area contributed by atoms with E-state index in [4.69, 9.17) is 38.6 Å². The number of aromatic nitrogens is 4. The molecule has 19 heteroatoms. The molecule has 3 aromatic carbocycles. The number of esters is 1. The lowest BCUT2D eigenvalue weighted by Crippen LogP contribution is -2.37. The second-order valence-electron chi connectivity index (χ2n) is 15.5. The van der Waals surface area contributed by atoms with Crippen LogP contribution < -0.4 is 32.0 Å². The van der Waals surface area contributed by atoms with Crippen LogP contribution in [0.4, 0.5) is 0 Å². The third-order valence-corrected chi connectivity index (χ3v) is 10.9. The van der Waals surface area contributed by atoms with Gasteiger partial charge < -0.3 is 43.5 Å². The standard InChI is InChI=1S/C34H36N2O10.C10H16N2O4.C6H15N/c1-42-28-12-8-26(9-13-28)34(25-6-4-3-5-7-25,27-10-14-29(43-2)15-11-27)46-22-24(21-45-32(40)17-16-31(38)39)20-44-23-36-19-18-30(37)35-33(36)41;1-2-8(5-13)6-16-7-12-4-3-9(14)11-10(12)15;1-4-7(5-2)6-3/h3-15,18-19,24H,16-17,20-23H2,1-2H3,(H,38,39)(H,35,37,41);3-4,8,13H,2,5-7H2,1H3,(H,11,14,15);4-6H2,1-3H3/t24-;8-;/m01./s1. The number of hydrogen-bond acceptors (Lipinski definition) is 14. The lowest BCUT2D eigenvalue weighted by molar-refractivity contribution is -0.150. The predicted molar refractivity (Wildman–Crippen MR) is 258 cm³/mol. The van der Waals surface area contributed by atoms with Crippen molar-refractivity contribution in [1.82, 2.24) is 24.0 Å². The summed E-state index contributed by atoms with van der Waals surface area (Å²) in [5, 5.41) is 17.9. The van der Waals surface area contributed by atoms with Crippen LogP contribution in [0.2, 0.25) is 0 Å². The Balaban J connectivity index is 0.000000449. The molecule has 0 radical (unpaired) electrons. The van der Waals surface area contributed by atoms with Crippen molar-refractivity contribution < 1.29 is 48.2 Å². The molecular weight excluding hydrogens is 895 g/mol. The van der Waals surface area contributed by atoms with Crippen LogP contribution in [0.15, 0.2) is 123 Å². The average molecular weight is 962 g/mol. The SMILES string of the molecule is CCN(CC)CC.CC[C@H](CO)COCn1ccc(=O)[nH]c1=O.COc1ccc(C(OC[C@@H](COCn2ccc(=O)[nH]c2=O)COC(=O)CCC(=O)O)(c2ccccc2)c2ccc(OC)cc2)cc1. The van der Waals surface area contributed by atoms with E-state index in [-0.39, 0.29) is 58.6 Å². The summed E-state index contributed by atoms with van der Waals surface area (Å²) in [5.41, 5.74) is -0.833. The number of hydrogen-bond donors (Lipinski definition) is 4. The predicted octanol–water partition coefficient (Wildman–Crippen LogP) is 4.44. The molecular formula is C50H67N5O14. The highest BCUT2D eigenvalue weighted by Crippen LogP contribution is 2.42. The van der Waals surface area contributed by atoms with Gasteiger partial charge in [0.2, 0.25) is 0 Å². The van der Waals surface area contributed by atoms with Gasteiger partial charge in [-0.15, -0.1) is 0 Å². The van der Waals surface area contributed by atoms with Crippen LogP contribution in [0, 0.1) is 11.8 Å². The van der Waals surface area contributed by atoms with Gasteiger partial charge in [-0.3, -0.25) is 38.3 Å². The monoisotopic (exact) mass is 961 g/mol. The highest BCUT2D eigenvalue weighted by Gasteiger charge is 2.38. The van der Waals surface area contributed by atoms with E-state index in [0.29, 0.717) is 18.1 Å². The number of ether oxygens (including phenoxy) is 6. The van der Waals surface area contributed by atoms with Gasteiger partial charge in [-0.05, 0) is 67.0 Å². The van der Waals surface area contributed by atoms with Crippen molar-refractivity contribution >= 4 is 11.9 Å². The Labute approximate surface area is 401 Å². The molecule has 2 aromatic heterocycles. The maximum atomic E-state index is 12.3. The fourth-order valence-corrected chi connectivity index (χ4v) is 6.65. The molecule has 0 aliphatic carbocycles. The van der Waals surface area contributed by atoms with Gasteiger partial charge in [0.05, 0.1) is 53.5 Å². The quantitative estimate of drug-likeness (QED) is 0.0443. The molecule has 0 bridgehead atoms. The topological polar surface area (TPSA) is 243 Å². The van der Waals surface area contributed by atoms with Crippen molar-refractivity contribution in [2.75, 3.05) is 66.9 Å². The summed E-state index contributed by atoms with van der Waals surface area (Å²) < 4.78 is 36.7. The van der Waals surface area contributed by atoms with Crippen molar-refractivity contribution in [3.8, 4) is 11.5 Å². The summed E-state index contributed by atoms with van der Waals surface area (Å²) in [5.74, 6) is -0.928. The summed E-state index contributed by atoms with van der Waals surface area (Å²) >= 11 is 0. The second kappa shape index (κ2) is 30.7. The summed E-state index contributed by atoms with van der Waals surface area (Å²) in [6.07, 6.45) is 2.85. The number of H-pyrrole nitrogens is 2. The minimum atomic E-state index is -1.15. The zero-order chi connectivity index (χ0) is 50.6. The molecule has 2 atom stereocenters. The first-order valence-electron chi connectivity index (χ1n) is 22.7.